The lowest BCUT2D eigenvalue weighted by atomic mass is 10.1. The molecule has 2 aromatic rings. The normalized spacial score (nSPS) is 10.8. The molecule has 2 nitrogen and oxygen atoms in total. The van der Waals surface area contributed by atoms with Crippen molar-refractivity contribution in [2.45, 2.75) is 13.3 Å². The molecule has 3 heteroatoms. The lowest BCUT2D eigenvalue weighted by molar-refractivity contribution is 0.614. The smallest absolute Gasteiger partial charge is 0.128 e. The minimum atomic E-state index is -0.158. The van der Waals surface area contributed by atoms with E-state index in [1.165, 1.54) is 6.07 Å². The summed E-state index contributed by atoms with van der Waals surface area (Å²) in [6, 6.07) is 3.31. The molecule has 0 amide bonds. The Morgan fingerprint density at radius 1 is 1.50 bits per heavy atom. The van der Waals surface area contributed by atoms with Crippen molar-refractivity contribution in [1.29, 1.82) is 0 Å². The Labute approximate surface area is 69.4 Å². The first-order valence-electron chi connectivity index (χ1n) is 3.92. The molecule has 0 saturated carbocycles. The molecule has 0 saturated heterocycles. The molecule has 0 fully saturated rings. The highest BCUT2D eigenvalue weighted by Gasteiger charge is 2.03. The average molecular weight is 164 g/mol. The standard InChI is InChI=1S/C9H9FN2/c1-2-6-3-7-5-11-12-9(7)4-8(6)10/h3-5H,2H2,1H3,(H,11,12). The fourth-order valence-corrected chi connectivity index (χ4v) is 1.28. The maximum Gasteiger partial charge on any atom is 0.128 e. The molecule has 0 bridgehead atoms. The molecule has 1 N–H and O–H groups in total. The quantitative estimate of drug-likeness (QED) is 0.688. The minimum Gasteiger partial charge on any atom is -0.278 e. The number of rotatable bonds is 1. The van der Waals surface area contributed by atoms with Crippen LogP contribution in [0.4, 0.5) is 4.39 Å². The van der Waals surface area contributed by atoms with Crippen molar-refractivity contribution >= 4 is 10.9 Å². The van der Waals surface area contributed by atoms with Gasteiger partial charge in [0.15, 0.2) is 0 Å². The summed E-state index contributed by atoms with van der Waals surface area (Å²) in [5.41, 5.74) is 1.49. The highest BCUT2D eigenvalue weighted by atomic mass is 19.1. The van der Waals surface area contributed by atoms with E-state index in [2.05, 4.69) is 10.2 Å². The lowest BCUT2D eigenvalue weighted by Crippen LogP contribution is -1.86. The average Bonchev–Trinajstić information content (AvgIpc) is 2.49. The molecular weight excluding hydrogens is 155 g/mol. The van der Waals surface area contributed by atoms with Gasteiger partial charge in [0, 0.05) is 5.39 Å². The fourth-order valence-electron chi connectivity index (χ4n) is 1.28. The molecule has 1 aromatic carbocycles. The van der Waals surface area contributed by atoms with Gasteiger partial charge in [0.25, 0.3) is 0 Å². The van der Waals surface area contributed by atoms with E-state index in [0.717, 1.165) is 16.5 Å². The van der Waals surface area contributed by atoms with Gasteiger partial charge in [0.05, 0.1) is 11.7 Å². The number of aromatic nitrogens is 2. The van der Waals surface area contributed by atoms with Crippen LogP contribution in [0.1, 0.15) is 12.5 Å². The van der Waals surface area contributed by atoms with Crippen LogP contribution >= 0.6 is 0 Å². The van der Waals surface area contributed by atoms with Crippen molar-refractivity contribution < 1.29 is 4.39 Å². The van der Waals surface area contributed by atoms with Crippen LogP contribution in [-0.4, -0.2) is 10.2 Å². The van der Waals surface area contributed by atoms with Gasteiger partial charge in [-0.25, -0.2) is 4.39 Å². The Bertz CT molecular complexity index is 406. The van der Waals surface area contributed by atoms with Crippen LogP contribution in [0.5, 0.6) is 0 Å². The third kappa shape index (κ3) is 0.978. The molecule has 2 rings (SSSR count). The van der Waals surface area contributed by atoms with Crippen LogP contribution in [-0.2, 0) is 6.42 Å². The van der Waals surface area contributed by atoms with Crippen LogP contribution in [0.3, 0.4) is 0 Å². The summed E-state index contributed by atoms with van der Waals surface area (Å²) in [5, 5.41) is 7.51. The monoisotopic (exact) mass is 164 g/mol. The van der Waals surface area contributed by atoms with Crippen molar-refractivity contribution in [2.24, 2.45) is 0 Å². The number of fused-ring (bicyclic) bond motifs is 1. The number of aryl methyl sites for hydroxylation is 1. The highest BCUT2D eigenvalue weighted by molar-refractivity contribution is 5.78. The summed E-state index contributed by atoms with van der Waals surface area (Å²) in [5.74, 6) is -0.158. The van der Waals surface area contributed by atoms with Crippen LogP contribution in [0.15, 0.2) is 18.3 Å². The molecule has 0 aliphatic rings. The van der Waals surface area contributed by atoms with E-state index in [-0.39, 0.29) is 5.82 Å². The molecule has 62 valence electrons. The summed E-state index contributed by atoms with van der Waals surface area (Å²) in [6.45, 7) is 1.93. The zero-order valence-corrected chi connectivity index (χ0v) is 6.76. The van der Waals surface area contributed by atoms with Gasteiger partial charge in [-0.05, 0) is 24.1 Å². The van der Waals surface area contributed by atoms with E-state index in [1.54, 1.807) is 6.20 Å². The maximum absolute atomic E-state index is 13.1. The van der Waals surface area contributed by atoms with Gasteiger partial charge in [0.1, 0.15) is 5.82 Å². The Morgan fingerprint density at radius 3 is 3.08 bits per heavy atom. The Hall–Kier alpha value is -1.38. The van der Waals surface area contributed by atoms with Gasteiger partial charge in [0.2, 0.25) is 0 Å². The molecule has 1 heterocycles. The molecule has 0 aliphatic heterocycles. The van der Waals surface area contributed by atoms with Crippen molar-refractivity contribution in [3.8, 4) is 0 Å². The van der Waals surface area contributed by atoms with E-state index in [1.807, 2.05) is 13.0 Å². The Kier molecular flexibility index (Phi) is 1.57. The van der Waals surface area contributed by atoms with E-state index < -0.39 is 0 Å². The summed E-state index contributed by atoms with van der Waals surface area (Å²) in [7, 11) is 0. The highest BCUT2D eigenvalue weighted by Crippen LogP contribution is 2.16. The molecule has 0 unspecified atom stereocenters. The van der Waals surface area contributed by atoms with Gasteiger partial charge < -0.3 is 0 Å². The first kappa shape index (κ1) is 7.28. The van der Waals surface area contributed by atoms with Crippen molar-refractivity contribution in [3.05, 3.63) is 29.7 Å². The van der Waals surface area contributed by atoms with Gasteiger partial charge in [-0.2, -0.15) is 5.10 Å². The number of aromatic amines is 1. The molecule has 0 aliphatic carbocycles. The zero-order valence-electron chi connectivity index (χ0n) is 6.76. The number of nitrogens with one attached hydrogen (secondary N) is 1. The van der Waals surface area contributed by atoms with Crippen molar-refractivity contribution in [3.63, 3.8) is 0 Å². The number of halogens is 1. The summed E-state index contributed by atoms with van der Waals surface area (Å²) in [6.07, 6.45) is 2.42. The molecule has 1 aromatic heterocycles. The molecule has 0 spiro atoms. The van der Waals surface area contributed by atoms with Crippen LogP contribution in [0, 0.1) is 5.82 Å². The predicted molar refractivity (Wildman–Crippen MR) is 45.4 cm³/mol. The number of H-pyrrole nitrogens is 1. The summed E-state index contributed by atoms with van der Waals surface area (Å²) < 4.78 is 13.1. The maximum atomic E-state index is 13.1. The second-order valence-corrected chi connectivity index (χ2v) is 2.75. The van der Waals surface area contributed by atoms with E-state index in [9.17, 15) is 4.39 Å². The van der Waals surface area contributed by atoms with Crippen LogP contribution in [0.2, 0.25) is 0 Å². The second-order valence-electron chi connectivity index (χ2n) is 2.75. The molecular formula is C9H9FN2. The molecule has 12 heavy (non-hydrogen) atoms. The Morgan fingerprint density at radius 2 is 2.33 bits per heavy atom. The summed E-state index contributed by atoms with van der Waals surface area (Å²) in [4.78, 5) is 0. The predicted octanol–water partition coefficient (Wildman–Crippen LogP) is 2.26. The summed E-state index contributed by atoms with van der Waals surface area (Å²) >= 11 is 0. The van der Waals surface area contributed by atoms with Gasteiger partial charge >= 0.3 is 0 Å². The van der Waals surface area contributed by atoms with Gasteiger partial charge in [-0.3, -0.25) is 5.10 Å². The van der Waals surface area contributed by atoms with Gasteiger partial charge in [-0.1, -0.05) is 6.92 Å². The number of nitrogens with zero attached hydrogens (tertiary/aromatic N) is 1. The van der Waals surface area contributed by atoms with E-state index in [4.69, 9.17) is 0 Å². The third-order valence-electron chi connectivity index (χ3n) is 1.99. The first-order valence-corrected chi connectivity index (χ1v) is 3.92. The molecule has 0 radical (unpaired) electrons. The van der Waals surface area contributed by atoms with Crippen molar-refractivity contribution in [1.82, 2.24) is 10.2 Å². The van der Waals surface area contributed by atoms with Crippen LogP contribution < -0.4 is 0 Å². The van der Waals surface area contributed by atoms with Gasteiger partial charge in [-0.15, -0.1) is 0 Å². The number of hydrogen-bond donors (Lipinski definition) is 1. The fraction of sp³-hybridized carbons (Fsp3) is 0.222. The Balaban J connectivity index is 2.73. The zero-order chi connectivity index (χ0) is 8.55. The second kappa shape index (κ2) is 2.59. The number of hydrogen-bond acceptors (Lipinski definition) is 1. The lowest BCUT2D eigenvalue weighted by Gasteiger charge is -1.98. The largest absolute Gasteiger partial charge is 0.278 e. The van der Waals surface area contributed by atoms with E-state index >= 15 is 0 Å². The molecule has 0 atom stereocenters. The van der Waals surface area contributed by atoms with Crippen LogP contribution in [0.25, 0.3) is 10.9 Å². The third-order valence-corrected chi connectivity index (χ3v) is 1.99. The number of benzene rings is 1. The minimum absolute atomic E-state index is 0.158. The SMILES string of the molecule is CCc1cc2cn[nH]c2cc1F. The topological polar surface area (TPSA) is 28.7 Å². The first-order chi connectivity index (χ1) is 5.81. The van der Waals surface area contributed by atoms with E-state index in [0.29, 0.717) is 6.42 Å². The van der Waals surface area contributed by atoms with Crippen molar-refractivity contribution in [2.75, 3.05) is 0 Å².